The summed E-state index contributed by atoms with van der Waals surface area (Å²) in [5.74, 6) is 0.197. The Morgan fingerprint density at radius 3 is 2.62 bits per heavy atom. The zero-order valence-electron chi connectivity index (χ0n) is 11.7. The largest absolute Gasteiger partial charge is 0.298 e. The number of Topliss-reactive ketones (excluding diaryl/α,β-unsaturated/α-hetero) is 1. The van der Waals surface area contributed by atoms with Crippen molar-refractivity contribution in [1.82, 2.24) is 0 Å². The molecule has 0 amide bonds. The van der Waals surface area contributed by atoms with Crippen LogP contribution >= 0.6 is 11.6 Å². The molecule has 0 unspecified atom stereocenters. The van der Waals surface area contributed by atoms with Crippen molar-refractivity contribution in [2.45, 2.75) is 19.3 Å². The van der Waals surface area contributed by atoms with E-state index in [4.69, 9.17) is 11.6 Å². The maximum absolute atomic E-state index is 11.9. The summed E-state index contributed by atoms with van der Waals surface area (Å²) in [6.07, 6.45) is 2.34. The summed E-state index contributed by atoms with van der Waals surface area (Å²) in [6.45, 7) is 0.246. The number of hydrogen-bond acceptors (Lipinski definition) is 2. The van der Waals surface area contributed by atoms with E-state index < -0.39 is 0 Å². The number of carbonyl (C=O) groups excluding carboxylic acids is 1. The van der Waals surface area contributed by atoms with Crippen LogP contribution in [-0.2, 0) is 11.2 Å². The Morgan fingerprint density at radius 2 is 1.81 bits per heavy atom. The molecule has 1 aliphatic heterocycles. The van der Waals surface area contributed by atoms with Gasteiger partial charge in [-0.3, -0.25) is 9.79 Å². The molecule has 0 bridgehead atoms. The Kier molecular flexibility index (Phi) is 4.16. The van der Waals surface area contributed by atoms with E-state index in [1.807, 2.05) is 48.5 Å². The average molecular weight is 298 g/mol. The van der Waals surface area contributed by atoms with E-state index in [0.717, 1.165) is 29.7 Å². The van der Waals surface area contributed by atoms with Gasteiger partial charge in [0.1, 0.15) is 0 Å². The number of ketones is 1. The molecule has 3 rings (SSSR count). The van der Waals surface area contributed by atoms with Gasteiger partial charge in [0.15, 0.2) is 5.78 Å². The lowest BCUT2D eigenvalue weighted by Gasteiger charge is -2.12. The summed E-state index contributed by atoms with van der Waals surface area (Å²) in [5.41, 5.74) is 4.14. The maximum atomic E-state index is 11.9. The van der Waals surface area contributed by atoms with Crippen LogP contribution in [0.4, 0.5) is 0 Å². The highest BCUT2D eigenvalue weighted by molar-refractivity contribution is 6.31. The van der Waals surface area contributed by atoms with Crippen LogP contribution in [0.1, 0.15) is 29.5 Å². The van der Waals surface area contributed by atoms with Crippen LogP contribution in [-0.4, -0.2) is 18.0 Å². The number of nitrogens with zero attached hydrogens (tertiary/aromatic N) is 1. The first-order chi connectivity index (χ1) is 10.2. The van der Waals surface area contributed by atoms with Crippen LogP contribution in [0.3, 0.4) is 0 Å². The molecule has 21 heavy (non-hydrogen) atoms. The fraction of sp³-hybridized carbons (Fsp3) is 0.222. The fourth-order valence-electron chi connectivity index (χ4n) is 2.64. The van der Waals surface area contributed by atoms with Crippen molar-refractivity contribution in [3.05, 3.63) is 70.2 Å². The highest BCUT2D eigenvalue weighted by Crippen LogP contribution is 2.23. The van der Waals surface area contributed by atoms with E-state index in [-0.39, 0.29) is 12.3 Å². The van der Waals surface area contributed by atoms with Gasteiger partial charge in [0.05, 0.1) is 12.3 Å². The van der Waals surface area contributed by atoms with Gasteiger partial charge in [-0.05, 0) is 30.5 Å². The van der Waals surface area contributed by atoms with Crippen LogP contribution in [0.15, 0.2) is 53.5 Å². The molecule has 0 N–H and O–H groups in total. The number of carbonyl (C=O) groups is 1. The number of halogens is 1. The molecule has 1 aliphatic rings. The molecular formula is C18H16ClNO. The third-order valence-corrected chi connectivity index (χ3v) is 3.92. The van der Waals surface area contributed by atoms with Gasteiger partial charge in [-0.25, -0.2) is 0 Å². The van der Waals surface area contributed by atoms with Gasteiger partial charge >= 0.3 is 0 Å². The molecule has 0 aromatic heterocycles. The van der Waals surface area contributed by atoms with Gasteiger partial charge in [0.2, 0.25) is 0 Å². The first-order valence-corrected chi connectivity index (χ1v) is 7.52. The molecule has 0 aliphatic carbocycles. The first-order valence-electron chi connectivity index (χ1n) is 7.14. The highest BCUT2D eigenvalue weighted by Gasteiger charge is 2.15. The summed E-state index contributed by atoms with van der Waals surface area (Å²) in [4.78, 5) is 16.4. The highest BCUT2D eigenvalue weighted by atomic mass is 35.5. The summed E-state index contributed by atoms with van der Waals surface area (Å²) in [6, 6.07) is 15.9. The molecule has 2 nitrogen and oxygen atoms in total. The molecular weight excluding hydrogens is 282 g/mol. The minimum absolute atomic E-state index is 0.197. The van der Waals surface area contributed by atoms with Crippen molar-refractivity contribution in [3.63, 3.8) is 0 Å². The molecule has 1 heterocycles. The van der Waals surface area contributed by atoms with Crippen LogP contribution in [0.5, 0.6) is 0 Å². The lowest BCUT2D eigenvalue weighted by Crippen LogP contribution is -2.09. The Morgan fingerprint density at radius 1 is 1.00 bits per heavy atom. The number of benzene rings is 2. The second kappa shape index (κ2) is 6.23. The van der Waals surface area contributed by atoms with Crippen LogP contribution in [0.25, 0.3) is 0 Å². The summed E-state index contributed by atoms with van der Waals surface area (Å²) in [7, 11) is 0. The normalized spacial score (nSPS) is 15.5. The zero-order valence-corrected chi connectivity index (χ0v) is 12.4. The van der Waals surface area contributed by atoms with E-state index in [9.17, 15) is 4.79 Å². The number of rotatable bonds is 1. The number of fused-ring (bicyclic) bond motifs is 1. The van der Waals surface area contributed by atoms with Gasteiger partial charge in [-0.15, -0.1) is 0 Å². The van der Waals surface area contributed by atoms with Gasteiger partial charge in [0.25, 0.3) is 0 Å². The molecule has 106 valence electrons. The third kappa shape index (κ3) is 3.22. The number of hydrogen-bond donors (Lipinski definition) is 0. The molecule has 3 heteroatoms. The van der Waals surface area contributed by atoms with Crippen LogP contribution in [0.2, 0.25) is 5.02 Å². The molecule has 2 aromatic carbocycles. The van der Waals surface area contributed by atoms with Crippen molar-refractivity contribution in [2.75, 3.05) is 6.54 Å². The number of aliphatic imine (C=N–C) groups is 1. The second-order valence-electron chi connectivity index (χ2n) is 5.22. The Hall–Kier alpha value is -1.93. The molecule has 0 spiro atoms. The Labute approximate surface area is 129 Å². The van der Waals surface area contributed by atoms with E-state index in [0.29, 0.717) is 11.4 Å². The lowest BCUT2D eigenvalue weighted by atomic mass is 9.95. The zero-order chi connectivity index (χ0) is 14.7. The quantitative estimate of drug-likeness (QED) is 0.780. The summed E-state index contributed by atoms with van der Waals surface area (Å²) >= 11 is 6.17. The van der Waals surface area contributed by atoms with Crippen LogP contribution < -0.4 is 0 Å². The van der Waals surface area contributed by atoms with Gasteiger partial charge in [-0.1, -0.05) is 48.0 Å². The maximum Gasteiger partial charge on any atom is 0.154 e. The lowest BCUT2D eigenvalue weighted by molar-refractivity contribution is -0.117. The molecule has 0 fully saturated rings. The van der Waals surface area contributed by atoms with E-state index in [1.165, 1.54) is 5.56 Å². The molecule has 2 aromatic rings. The van der Waals surface area contributed by atoms with Gasteiger partial charge in [0, 0.05) is 22.6 Å². The van der Waals surface area contributed by atoms with E-state index in [1.54, 1.807) is 0 Å². The second-order valence-corrected chi connectivity index (χ2v) is 5.66. The fourth-order valence-corrected chi connectivity index (χ4v) is 2.81. The van der Waals surface area contributed by atoms with Crippen molar-refractivity contribution in [3.8, 4) is 0 Å². The number of aryl methyl sites for hydroxylation is 1. The SMILES string of the molecule is O=C1CCCc2ccc(Cl)cc2C(c2ccccc2)=NC1. The van der Waals surface area contributed by atoms with Crippen molar-refractivity contribution < 1.29 is 4.79 Å². The van der Waals surface area contributed by atoms with Crippen LogP contribution in [0, 0.1) is 0 Å². The molecule has 0 atom stereocenters. The molecule has 0 saturated carbocycles. The summed E-state index contributed by atoms with van der Waals surface area (Å²) < 4.78 is 0. The van der Waals surface area contributed by atoms with Gasteiger partial charge < -0.3 is 0 Å². The predicted octanol–water partition coefficient (Wildman–Crippen LogP) is 4.08. The molecule has 0 radical (unpaired) electrons. The van der Waals surface area contributed by atoms with Crippen molar-refractivity contribution >= 4 is 23.1 Å². The monoisotopic (exact) mass is 297 g/mol. The van der Waals surface area contributed by atoms with E-state index >= 15 is 0 Å². The van der Waals surface area contributed by atoms with Crippen molar-refractivity contribution in [1.29, 1.82) is 0 Å². The van der Waals surface area contributed by atoms with Crippen molar-refractivity contribution in [2.24, 2.45) is 4.99 Å². The smallest absolute Gasteiger partial charge is 0.154 e. The summed E-state index contributed by atoms with van der Waals surface area (Å²) in [5, 5.41) is 0.697. The molecule has 0 saturated heterocycles. The minimum Gasteiger partial charge on any atom is -0.298 e. The van der Waals surface area contributed by atoms with Gasteiger partial charge in [-0.2, -0.15) is 0 Å². The predicted molar refractivity (Wildman–Crippen MR) is 86.3 cm³/mol. The Bertz CT molecular complexity index is 692. The standard InChI is InChI=1S/C18H16ClNO/c19-15-10-9-13-7-4-8-16(21)12-20-18(17(13)11-15)14-5-2-1-3-6-14/h1-3,5-6,9-11H,4,7-8,12H2. The average Bonchev–Trinajstić information content (AvgIpc) is 2.57. The minimum atomic E-state index is 0.197. The van der Waals surface area contributed by atoms with E-state index in [2.05, 4.69) is 4.99 Å². The third-order valence-electron chi connectivity index (χ3n) is 3.69. The first kappa shape index (κ1) is 14.0. The topological polar surface area (TPSA) is 29.4 Å². The Balaban J connectivity index is 2.16.